The predicted molar refractivity (Wildman–Crippen MR) is 164 cm³/mol. The van der Waals surface area contributed by atoms with Crippen LogP contribution in [0, 0.1) is 11.8 Å². The third kappa shape index (κ3) is 3.74. The zero-order valence-corrected chi connectivity index (χ0v) is 23.3. The van der Waals surface area contributed by atoms with E-state index in [9.17, 15) is 38.4 Å². The number of hydrogen-bond donors (Lipinski definition) is 2. The van der Waals surface area contributed by atoms with Gasteiger partial charge in [-0.25, -0.2) is 0 Å². The van der Waals surface area contributed by atoms with Crippen LogP contribution in [-0.4, -0.2) is 18.3 Å². The maximum Gasteiger partial charge on any atom is 0.262 e. The maximum atomic E-state index is 13.3. The van der Waals surface area contributed by atoms with E-state index in [1.165, 1.54) is 24.3 Å². The van der Waals surface area contributed by atoms with Crippen molar-refractivity contribution in [2.45, 2.75) is 52.1 Å². The lowest BCUT2D eigenvalue weighted by Gasteiger charge is -2.29. The molecule has 14 heteroatoms. The van der Waals surface area contributed by atoms with Crippen molar-refractivity contribution in [2.24, 2.45) is 23.3 Å². The summed E-state index contributed by atoms with van der Waals surface area (Å²) in [6.07, 6.45) is 2.73. The zero-order chi connectivity index (χ0) is 31.2. The van der Waals surface area contributed by atoms with E-state index >= 15 is 0 Å². The summed E-state index contributed by atoms with van der Waals surface area (Å²) < 4.78 is 3.96. The Morgan fingerprint density at radius 1 is 0.455 bits per heavy atom. The Kier molecular flexibility index (Phi) is 6.13. The van der Waals surface area contributed by atoms with Crippen LogP contribution in [0.25, 0.3) is 43.1 Å². The second kappa shape index (κ2) is 9.72. The first kappa shape index (κ1) is 27.7. The lowest BCUT2D eigenvalue weighted by Crippen LogP contribution is -2.34. The monoisotopic (exact) mass is 598 g/mol. The highest BCUT2D eigenvalue weighted by molar-refractivity contribution is 5.98. The summed E-state index contributed by atoms with van der Waals surface area (Å²) in [5, 5.41) is 0.397. The lowest BCUT2D eigenvalue weighted by atomic mass is 9.81. The van der Waals surface area contributed by atoms with Crippen LogP contribution in [0.1, 0.15) is 25.7 Å². The van der Waals surface area contributed by atoms with E-state index in [1.54, 1.807) is 0 Å². The number of nitrogens with two attached hydrogens (primary N) is 2. The highest BCUT2D eigenvalue weighted by Crippen LogP contribution is 2.31. The molecule has 224 valence electrons. The summed E-state index contributed by atoms with van der Waals surface area (Å²) in [5.41, 5.74) is 6.37. The molecule has 7 rings (SSSR count). The molecular formula is C30H26N6O8. The van der Waals surface area contributed by atoms with E-state index < -0.39 is 44.5 Å². The number of hydrogen-bond acceptors (Lipinski definition) is 10. The average Bonchev–Trinajstić information content (AvgIpc) is 3.59. The van der Waals surface area contributed by atoms with E-state index in [4.69, 9.17) is 11.5 Å². The van der Waals surface area contributed by atoms with Crippen LogP contribution >= 0.6 is 0 Å². The standard InChI is InChI=1S/C30H26N6O8/c31-11-35-27(41)19-5-15-16(6-20(19)28(35)42)24(38)33(23(15)37)9-13-2-1-3-14(4-13)10-34-25(39)17-7-21-22(8-18(17)26(34)40)30(44)36(12-32)29(21)43/h5-8,13-14H,1-4,9-12,31-32H2. The first-order chi connectivity index (χ1) is 21.0. The summed E-state index contributed by atoms with van der Waals surface area (Å²) in [5.74, 6) is -0.203. The van der Waals surface area contributed by atoms with Gasteiger partial charge in [0.25, 0.3) is 44.5 Å². The van der Waals surface area contributed by atoms with Gasteiger partial charge in [-0.05, 0) is 55.4 Å². The molecule has 0 spiro atoms. The fourth-order valence-electron chi connectivity index (χ4n) is 7.06. The van der Waals surface area contributed by atoms with E-state index in [1.807, 2.05) is 0 Å². The molecule has 1 aliphatic carbocycles. The Hall–Kier alpha value is -5.08. The molecule has 6 aromatic rings. The quantitative estimate of drug-likeness (QED) is 0.226. The molecule has 4 heterocycles. The molecule has 0 saturated heterocycles. The zero-order valence-electron chi connectivity index (χ0n) is 23.3. The molecule has 2 atom stereocenters. The Bertz CT molecular complexity index is 2280. The molecule has 1 saturated carbocycles. The Morgan fingerprint density at radius 2 is 0.705 bits per heavy atom. The van der Waals surface area contributed by atoms with Crippen LogP contribution in [0.2, 0.25) is 0 Å². The van der Waals surface area contributed by atoms with Gasteiger partial charge < -0.3 is 11.5 Å². The van der Waals surface area contributed by atoms with Crippen LogP contribution in [0.15, 0.2) is 62.6 Å². The molecule has 0 bridgehead atoms. The second-order valence-electron chi connectivity index (χ2n) is 11.7. The van der Waals surface area contributed by atoms with Gasteiger partial charge >= 0.3 is 0 Å². The van der Waals surface area contributed by atoms with Gasteiger partial charge in [0.05, 0.1) is 56.4 Å². The second-order valence-corrected chi connectivity index (χ2v) is 11.7. The maximum absolute atomic E-state index is 13.3. The number of fused-ring (bicyclic) bond motifs is 4. The molecule has 2 aromatic carbocycles. The summed E-state index contributed by atoms with van der Waals surface area (Å²) in [6, 6.07) is 5.16. The molecule has 0 radical (unpaired) electrons. The normalized spacial score (nSPS) is 17.6. The first-order valence-electron chi connectivity index (χ1n) is 14.3. The van der Waals surface area contributed by atoms with Crippen molar-refractivity contribution < 1.29 is 0 Å². The van der Waals surface area contributed by atoms with E-state index in [0.717, 1.165) is 37.5 Å². The Morgan fingerprint density at radius 3 is 0.955 bits per heavy atom. The fraction of sp³-hybridized carbons (Fsp3) is 0.333. The minimum Gasteiger partial charge on any atom is -0.313 e. The predicted octanol–water partition coefficient (Wildman–Crippen LogP) is -1.52. The van der Waals surface area contributed by atoms with Crippen LogP contribution in [-0.2, 0) is 26.4 Å². The molecular weight excluding hydrogens is 572 g/mol. The van der Waals surface area contributed by atoms with Crippen LogP contribution < -0.4 is 55.9 Å². The van der Waals surface area contributed by atoms with Crippen molar-refractivity contribution in [3.05, 3.63) is 107 Å². The highest BCUT2D eigenvalue weighted by Gasteiger charge is 2.27. The molecule has 2 unspecified atom stereocenters. The highest BCUT2D eigenvalue weighted by atomic mass is 16.2. The van der Waals surface area contributed by atoms with Crippen molar-refractivity contribution in [1.82, 2.24) is 18.3 Å². The van der Waals surface area contributed by atoms with Gasteiger partial charge in [-0.3, -0.25) is 56.6 Å². The van der Waals surface area contributed by atoms with Crippen molar-refractivity contribution in [2.75, 3.05) is 0 Å². The first-order valence-corrected chi connectivity index (χ1v) is 14.3. The molecule has 0 aliphatic heterocycles. The van der Waals surface area contributed by atoms with E-state index in [0.29, 0.717) is 6.42 Å². The van der Waals surface area contributed by atoms with Crippen molar-refractivity contribution in [3.8, 4) is 0 Å². The number of aromatic nitrogens is 4. The summed E-state index contributed by atoms with van der Waals surface area (Å²) in [7, 11) is 0. The topological polar surface area (TPSA) is 208 Å². The van der Waals surface area contributed by atoms with Gasteiger partial charge in [-0.2, -0.15) is 0 Å². The fourth-order valence-corrected chi connectivity index (χ4v) is 7.06. The Balaban J connectivity index is 1.19. The summed E-state index contributed by atoms with van der Waals surface area (Å²) >= 11 is 0. The average molecular weight is 599 g/mol. The van der Waals surface area contributed by atoms with Gasteiger partial charge in [-0.15, -0.1) is 0 Å². The molecule has 4 aromatic heterocycles. The minimum atomic E-state index is -0.613. The molecule has 44 heavy (non-hydrogen) atoms. The minimum absolute atomic E-state index is 0.0385. The van der Waals surface area contributed by atoms with E-state index in [2.05, 4.69) is 0 Å². The number of nitrogens with zero attached hydrogens (tertiary/aromatic N) is 4. The third-order valence-electron chi connectivity index (χ3n) is 9.26. The lowest BCUT2D eigenvalue weighted by molar-refractivity contribution is 0.220. The Labute approximate surface area is 244 Å². The largest absolute Gasteiger partial charge is 0.313 e. The summed E-state index contributed by atoms with van der Waals surface area (Å²) in [6.45, 7) is -0.408. The van der Waals surface area contributed by atoms with Crippen LogP contribution in [0.5, 0.6) is 0 Å². The van der Waals surface area contributed by atoms with Crippen LogP contribution in [0.4, 0.5) is 0 Å². The molecule has 14 nitrogen and oxygen atoms in total. The number of rotatable bonds is 6. The van der Waals surface area contributed by atoms with Crippen molar-refractivity contribution in [1.29, 1.82) is 0 Å². The van der Waals surface area contributed by atoms with E-state index in [-0.39, 0.29) is 81.4 Å². The van der Waals surface area contributed by atoms with Crippen molar-refractivity contribution >= 4 is 43.1 Å². The smallest absolute Gasteiger partial charge is 0.262 e. The van der Waals surface area contributed by atoms with Crippen LogP contribution in [0.3, 0.4) is 0 Å². The summed E-state index contributed by atoms with van der Waals surface area (Å²) in [4.78, 5) is 103. The van der Waals surface area contributed by atoms with Gasteiger partial charge in [-0.1, -0.05) is 6.42 Å². The van der Waals surface area contributed by atoms with Crippen molar-refractivity contribution in [3.63, 3.8) is 0 Å². The third-order valence-corrected chi connectivity index (χ3v) is 9.26. The van der Waals surface area contributed by atoms with Gasteiger partial charge in [0.2, 0.25) is 0 Å². The molecule has 0 amide bonds. The SMILES string of the molecule is NCn1c(=O)c2cc3c(=O)n(CC4CCCC(Cn5c(=O)c6cc7c(=O)n(CN)c(=O)c7cc6c5=O)C4)c(=O)c3cc2c1=O. The van der Waals surface area contributed by atoms with Gasteiger partial charge in [0, 0.05) is 13.1 Å². The molecule has 4 N–H and O–H groups in total. The number of benzene rings is 2. The van der Waals surface area contributed by atoms with Gasteiger partial charge in [0.1, 0.15) is 0 Å². The molecule has 1 aliphatic rings. The molecule has 1 fully saturated rings. The van der Waals surface area contributed by atoms with Gasteiger partial charge in [0.15, 0.2) is 0 Å².